The number of rotatable bonds is 2. The molecule has 2 unspecified atom stereocenters. The molecule has 0 radical (unpaired) electrons. The second-order valence-corrected chi connectivity index (χ2v) is 5.84. The van der Waals surface area contributed by atoms with Crippen molar-refractivity contribution in [2.24, 2.45) is 17.1 Å². The lowest BCUT2D eigenvalue weighted by Crippen LogP contribution is -2.53. The number of hydrogen-bond acceptors (Lipinski definition) is 2. The van der Waals surface area contributed by atoms with Gasteiger partial charge in [-0.2, -0.15) is 0 Å². The van der Waals surface area contributed by atoms with E-state index in [0.29, 0.717) is 5.41 Å². The Kier molecular flexibility index (Phi) is 2.85. The van der Waals surface area contributed by atoms with Crippen molar-refractivity contribution in [2.75, 3.05) is 19.6 Å². The van der Waals surface area contributed by atoms with Crippen molar-refractivity contribution >= 4 is 0 Å². The number of nitrogens with two attached hydrogens (primary N) is 1. The Morgan fingerprint density at radius 1 is 1.21 bits per heavy atom. The molecule has 2 fully saturated rings. The third-order valence-electron chi connectivity index (χ3n) is 4.30. The predicted octanol–water partition coefficient (Wildman–Crippen LogP) is 1.85. The van der Waals surface area contributed by atoms with Crippen LogP contribution in [0.3, 0.4) is 0 Å². The Balaban J connectivity index is 1.83. The van der Waals surface area contributed by atoms with Crippen molar-refractivity contribution < 1.29 is 0 Å². The van der Waals surface area contributed by atoms with Crippen LogP contribution in [0.25, 0.3) is 0 Å². The molecule has 2 atom stereocenters. The van der Waals surface area contributed by atoms with Gasteiger partial charge in [0.1, 0.15) is 0 Å². The zero-order valence-electron chi connectivity index (χ0n) is 9.63. The summed E-state index contributed by atoms with van der Waals surface area (Å²) < 4.78 is 0. The predicted molar refractivity (Wildman–Crippen MR) is 60.2 cm³/mol. The van der Waals surface area contributed by atoms with Gasteiger partial charge in [-0.1, -0.05) is 13.8 Å². The van der Waals surface area contributed by atoms with Crippen LogP contribution in [0.1, 0.15) is 39.5 Å². The molecule has 2 N–H and O–H groups in total. The van der Waals surface area contributed by atoms with E-state index in [-0.39, 0.29) is 0 Å². The third kappa shape index (κ3) is 1.96. The molecular formula is C12H24N2. The summed E-state index contributed by atoms with van der Waals surface area (Å²) in [6.45, 7) is 8.28. The fourth-order valence-electron chi connectivity index (χ4n) is 2.77. The van der Waals surface area contributed by atoms with Crippen molar-refractivity contribution in [3.8, 4) is 0 Å². The van der Waals surface area contributed by atoms with E-state index in [9.17, 15) is 0 Å². The number of piperidine rings is 1. The highest BCUT2D eigenvalue weighted by molar-refractivity contribution is 4.92. The van der Waals surface area contributed by atoms with Crippen LogP contribution in [-0.2, 0) is 0 Å². The Labute approximate surface area is 87.8 Å². The molecule has 2 aliphatic rings. The lowest BCUT2D eigenvalue weighted by Gasteiger charge is -2.48. The molecule has 1 heterocycles. The maximum Gasteiger partial charge on any atom is 0.0136 e. The molecule has 2 nitrogen and oxygen atoms in total. The molecule has 0 aromatic heterocycles. The van der Waals surface area contributed by atoms with E-state index in [1.165, 1.54) is 38.8 Å². The highest BCUT2D eigenvalue weighted by Crippen LogP contribution is 2.37. The molecule has 1 aliphatic heterocycles. The topological polar surface area (TPSA) is 29.3 Å². The summed E-state index contributed by atoms with van der Waals surface area (Å²) >= 11 is 0. The minimum Gasteiger partial charge on any atom is -0.330 e. The lowest BCUT2D eigenvalue weighted by atomic mass is 9.75. The summed E-state index contributed by atoms with van der Waals surface area (Å²) in [7, 11) is 0. The van der Waals surface area contributed by atoms with Gasteiger partial charge in [-0.15, -0.1) is 0 Å². The van der Waals surface area contributed by atoms with Crippen molar-refractivity contribution in [1.82, 2.24) is 4.90 Å². The van der Waals surface area contributed by atoms with Gasteiger partial charge < -0.3 is 10.6 Å². The van der Waals surface area contributed by atoms with Gasteiger partial charge in [0.2, 0.25) is 0 Å². The van der Waals surface area contributed by atoms with E-state index in [1.54, 1.807) is 0 Å². The van der Waals surface area contributed by atoms with Crippen LogP contribution in [0.4, 0.5) is 0 Å². The fourth-order valence-corrected chi connectivity index (χ4v) is 2.77. The van der Waals surface area contributed by atoms with E-state index < -0.39 is 0 Å². The lowest BCUT2D eigenvalue weighted by molar-refractivity contribution is 0.0208. The van der Waals surface area contributed by atoms with Gasteiger partial charge in [-0.25, -0.2) is 0 Å². The summed E-state index contributed by atoms with van der Waals surface area (Å²) in [5, 5.41) is 0. The first kappa shape index (κ1) is 10.4. The van der Waals surface area contributed by atoms with Crippen LogP contribution in [0.15, 0.2) is 0 Å². The van der Waals surface area contributed by atoms with Crippen molar-refractivity contribution in [2.45, 2.75) is 45.6 Å². The molecule has 0 aromatic rings. The molecule has 2 heteroatoms. The van der Waals surface area contributed by atoms with E-state index >= 15 is 0 Å². The second kappa shape index (κ2) is 3.82. The molecule has 1 aliphatic carbocycles. The van der Waals surface area contributed by atoms with Crippen molar-refractivity contribution in [3.63, 3.8) is 0 Å². The smallest absolute Gasteiger partial charge is 0.0136 e. The van der Waals surface area contributed by atoms with Crippen LogP contribution in [0.5, 0.6) is 0 Å². The van der Waals surface area contributed by atoms with Gasteiger partial charge in [-0.3, -0.25) is 0 Å². The second-order valence-electron chi connectivity index (χ2n) is 5.84. The SMILES string of the molecule is CC1(C)CCN(C2CCC2CN)CC1. The fraction of sp³-hybridized carbons (Fsp3) is 1.00. The Morgan fingerprint density at radius 3 is 2.29 bits per heavy atom. The molecule has 0 amide bonds. The largest absolute Gasteiger partial charge is 0.330 e. The van der Waals surface area contributed by atoms with E-state index in [1.807, 2.05) is 0 Å². The number of nitrogens with zero attached hydrogens (tertiary/aromatic N) is 1. The Morgan fingerprint density at radius 2 is 1.86 bits per heavy atom. The molecule has 0 aromatic carbocycles. The maximum atomic E-state index is 5.76. The van der Waals surface area contributed by atoms with Gasteiger partial charge in [0.05, 0.1) is 0 Å². The molecule has 2 rings (SSSR count). The van der Waals surface area contributed by atoms with Crippen molar-refractivity contribution in [1.29, 1.82) is 0 Å². The van der Waals surface area contributed by atoms with E-state index in [2.05, 4.69) is 18.7 Å². The van der Waals surface area contributed by atoms with E-state index in [0.717, 1.165) is 18.5 Å². The van der Waals surface area contributed by atoms with Gasteiger partial charge >= 0.3 is 0 Å². The molecule has 1 saturated carbocycles. The third-order valence-corrected chi connectivity index (χ3v) is 4.30. The highest BCUT2D eigenvalue weighted by Gasteiger charge is 2.37. The maximum absolute atomic E-state index is 5.76. The molecule has 0 bridgehead atoms. The molecule has 82 valence electrons. The average molecular weight is 196 g/mol. The average Bonchev–Trinajstić information content (AvgIpc) is 2.07. The number of likely N-dealkylation sites (tertiary alicyclic amines) is 1. The molecule has 1 saturated heterocycles. The number of hydrogen-bond donors (Lipinski definition) is 1. The Hall–Kier alpha value is -0.0800. The van der Waals surface area contributed by atoms with Crippen LogP contribution in [0, 0.1) is 11.3 Å². The first-order chi connectivity index (χ1) is 6.62. The molecule has 0 spiro atoms. The summed E-state index contributed by atoms with van der Waals surface area (Å²) in [5.41, 5.74) is 6.34. The van der Waals surface area contributed by atoms with Gasteiger partial charge in [-0.05, 0) is 56.7 Å². The summed E-state index contributed by atoms with van der Waals surface area (Å²) in [6, 6.07) is 0.830. The zero-order chi connectivity index (χ0) is 10.2. The van der Waals surface area contributed by atoms with Gasteiger partial charge in [0.15, 0.2) is 0 Å². The first-order valence-corrected chi connectivity index (χ1v) is 6.06. The minimum absolute atomic E-state index is 0.582. The van der Waals surface area contributed by atoms with E-state index in [4.69, 9.17) is 5.73 Å². The zero-order valence-corrected chi connectivity index (χ0v) is 9.63. The molecular weight excluding hydrogens is 172 g/mol. The van der Waals surface area contributed by atoms with Gasteiger partial charge in [0.25, 0.3) is 0 Å². The first-order valence-electron chi connectivity index (χ1n) is 6.06. The normalized spacial score (nSPS) is 37.9. The van der Waals surface area contributed by atoms with Crippen molar-refractivity contribution in [3.05, 3.63) is 0 Å². The standard InChI is InChI=1S/C12H24N2/c1-12(2)5-7-14(8-6-12)11-4-3-10(11)9-13/h10-11H,3-9,13H2,1-2H3. The summed E-state index contributed by atoms with van der Waals surface area (Å²) in [4.78, 5) is 2.69. The van der Waals surface area contributed by atoms with Gasteiger partial charge in [0, 0.05) is 6.04 Å². The summed E-state index contributed by atoms with van der Waals surface area (Å²) in [6.07, 6.45) is 5.48. The quantitative estimate of drug-likeness (QED) is 0.730. The monoisotopic (exact) mass is 196 g/mol. The molecule has 14 heavy (non-hydrogen) atoms. The van der Waals surface area contributed by atoms with Crippen LogP contribution >= 0.6 is 0 Å². The van der Waals surface area contributed by atoms with Crippen LogP contribution < -0.4 is 5.73 Å². The minimum atomic E-state index is 0.582. The highest BCUT2D eigenvalue weighted by atomic mass is 15.2. The van der Waals surface area contributed by atoms with Crippen LogP contribution in [0.2, 0.25) is 0 Å². The Bertz CT molecular complexity index is 188. The summed E-state index contributed by atoms with van der Waals surface area (Å²) in [5.74, 6) is 0.802. The van der Waals surface area contributed by atoms with Crippen LogP contribution in [-0.4, -0.2) is 30.6 Å².